The van der Waals surface area contributed by atoms with E-state index in [9.17, 15) is 5.11 Å². The van der Waals surface area contributed by atoms with Gasteiger partial charge in [-0.25, -0.2) is 9.97 Å². The predicted octanol–water partition coefficient (Wildman–Crippen LogP) is 3.89. The molecule has 1 aliphatic rings. The third kappa shape index (κ3) is 3.42. The highest BCUT2D eigenvalue weighted by Crippen LogP contribution is 2.33. The van der Waals surface area contributed by atoms with E-state index in [1.807, 2.05) is 18.5 Å². The molecule has 0 atom stereocenters. The first-order valence-electron chi connectivity index (χ1n) is 7.96. The van der Waals surface area contributed by atoms with Crippen molar-refractivity contribution in [3.8, 4) is 11.4 Å². The smallest absolute Gasteiger partial charge is 0.159 e. The molecule has 1 aromatic heterocycles. The van der Waals surface area contributed by atoms with Crippen molar-refractivity contribution >= 4 is 0 Å². The van der Waals surface area contributed by atoms with Crippen molar-refractivity contribution in [1.29, 1.82) is 0 Å². The van der Waals surface area contributed by atoms with Crippen molar-refractivity contribution in [1.82, 2.24) is 9.97 Å². The van der Waals surface area contributed by atoms with Gasteiger partial charge in [-0.1, -0.05) is 30.3 Å². The van der Waals surface area contributed by atoms with Gasteiger partial charge < -0.3 is 5.11 Å². The first-order valence-corrected chi connectivity index (χ1v) is 7.96. The molecule has 0 unspecified atom stereocenters. The molecule has 1 aliphatic carbocycles. The molecule has 22 heavy (non-hydrogen) atoms. The Morgan fingerprint density at radius 2 is 1.68 bits per heavy atom. The summed E-state index contributed by atoms with van der Waals surface area (Å²) in [5.41, 5.74) is 3.49. The fourth-order valence-corrected chi connectivity index (χ4v) is 3.09. The van der Waals surface area contributed by atoms with Crippen LogP contribution in [0.1, 0.15) is 42.7 Å². The monoisotopic (exact) mass is 294 g/mol. The number of aliphatic hydroxyl groups is 1. The molecule has 2 aromatic rings. The molecule has 1 aromatic carbocycles. The molecule has 0 saturated heterocycles. The zero-order chi connectivity index (χ0) is 15.4. The van der Waals surface area contributed by atoms with Crippen LogP contribution in [0, 0.1) is 0 Å². The Bertz CT molecular complexity index is 611. The minimum atomic E-state index is -0.0991. The maximum atomic E-state index is 9.60. The highest BCUT2D eigenvalue weighted by molar-refractivity contribution is 5.55. The molecule has 3 rings (SSSR count). The van der Waals surface area contributed by atoms with Crippen LogP contribution in [0.15, 0.2) is 49.3 Å². The first-order chi connectivity index (χ1) is 10.8. The van der Waals surface area contributed by atoms with Gasteiger partial charge in [-0.3, -0.25) is 0 Å². The van der Waals surface area contributed by atoms with E-state index in [1.165, 1.54) is 5.56 Å². The second kappa shape index (κ2) is 6.84. The van der Waals surface area contributed by atoms with E-state index in [0.29, 0.717) is 5.92 Å². The number of nitrogens with zero attached hydrogens (tertiary/aromatic N) is 2. The number of hydrogen-bond donors (Lipinski definition) is 1. The van der Waals surface area contributed by atoms with Crippen LogP contribution in [0.3, 0.4) is 0 Å². The highest BCUT2D eigenvalue weighted by atomic mass is 16.3. The summed E-state index contributed by atoms with van der Waals surface area (Å²) in [6.07, 6.45) is 10.3. The van der Waals surface area contributed by atoms with Gasteiger partial charge in [-0.2, -0.15) is 0 Å². The summed E-state index contributed by atoms with van der Waals surface area (Å²) in [5.74, 6) is 1.34. The minimum Gasteiger partial charge on any atom is -0.393 e. The van der Waals surface area contributed by atoms with Gasteiger partial charge in [0.2, 0.25) is 0 Å². The first kappa shape index (κ1) is 14.9. The van der Waals surface area contributed by atoms with Crippen molar-refractivity contribution in [3.05, 3.63) is 60.4 Å². The van der Waals surface area contributed by atoms with E-state index in [2.05, 4.69) is 40.8 Å². The quantitative estimate of drug-likeness (QED) is 0.870. The molecule has 3 nitrogen and oxygen atoms in total. The maximum Gasteiger partial charge on any atom is 0.159 e. The van der Waals surface area contributed by atoms with Gasteiger partial charge in [0.25, 0.3) is 0 Å². The molecule has 0 amide bonds. The van der Waals surface area contributed by atoms with E-state index < -0.39 is 0 Å². The molecule has 0 bridgehead atoms. The van der Waals surface area contributed by atoms with Crippen LogP contribution in [0.5, 0.6) is 0 Å². The Morgan fingerprint density at radius 3 is 2.27 bits per heavy atom. The molecule has 3 heteroatoms. The molecule has 0 aliphatic heterocycles. The molecule has 114 valence electrons. The Labute approximate surface area is 131 Å². The average Bonchev–Trinajstić information content (AvgIpc) is 2.57. The van der Waals surface area contributed by atoms with Crippen molar-refractivity contribution in [2.45, 2.75) is 44.1 Å². The van der Waals surface area contributed by atoms with Crippen molar-refractivity contribution in [2.24, 2.45) is 0 Å². The number of benzene rings is 1. The van der Waals surface area contributed by atoms with E-state index in [1.54, 1.807) is 0 Å². The zero-order valence-electron chi connectivity index (χ0n) is 12.8. The normalized spacial score (nSPS) is 21.5. The van der Waals surface area contributed by atoms with Gasteiger partial charge in [-0.05, 0) is 49.1 Å². The lowest BCUT2D eigenvalue weighted by atomic mass is 9.82. The number of rotatable bonds is 4. The molecule has 1 saturated carbocycles. The summed E-state index contributed by atoms with van der Waals surface area (Å²) in [7, 11) is 0. The van der Waals surface area contributed by atoms with E-state index in [0.717, 1.165) is 49.1 Å². The third-order valence-electron chi connectivity index (χ3n) is 4.42. The van der Waals surface area contributed by atoms with Crippen LogP contribution in [0.4, 0.5) is 0 Å². The number of aromatic nitrogens is 2. The Morgan fingerprint density at radius 1 is 1.05 bits per heavy atom. The average molecular weight is 294 g/mol. The fraction of sp³-hybridized carbons (Fsp3) is 0.368. The molecule has 0 spiro atoms. The minimum absolute atomic E-state index is 0.0991. The third-order valence-corrected chi connectivity index (χ3v) is 4.42. The number of aliphatic hydroxyl groups excluding tert-OH is 1. The predicted molar refractivity (Wildman–Crippen MR) is 88.6 cm³/mol. The summed E-state index contributed by atoms with van der Waals surface area (Å²) >= 11 is 0. The summed E-state index contributed by atoms with van der Waals surface area (Å²) in [6.45, 7) is 3.72. The van der Waals surface area contributed by atoms with Gasteiger partial charge in [0.15, 0.2) is 5.82 Å². The van der Waals surface area contributed by atoms with E-state index in [-0.39, 0.29) is 6.10 Å². The molecule has 1 fully saturated rings. The van der Waals surface area contributed by atoms with Gasteiger partial charge in [0.05, 0.1) is 6.10 Å². The molecule has 1 N–H and O–H groups in total. The summed E-state index contributed by atoms with van der Waals surface area (Å²) in [5, 5.41) is 9.60. The van der Waals surface area contributed by atoms with E-state index >= 15 is 0 Å². The molecule has 1 heterocycles. The number of allylic oxidation sites excluding steroid dienone is 1. The Hall–Kier alpha value is -2.00. The molecular weight excluding hydrogens is 272 g/mol. The lowest BCUT2D eigenvalue weighted by Gasteiger charge is -2.25. The summed E-state index contributed by atoms with van der Waals surface area (Å²) in [6, 6.07) is 8.56. The maximum absolute atomic E-state index is 9.60. The lowest BCUT2D eigenvalue weighted by Crippen LogP contribution is -2.16. The van der Waals surface area contributed by atoms with Crippen LogP contribution in [0.2, 0.25) is 0 Å². The fourth-order valence-electron chi connectivity index (χ4n) is 3.09. The van der Waals surface area contributed by atoms with Crippen LogP contribution in [0.25, 0.3) is 11.4 Å². The van der Waals surface area contributed by atoms with Gasteiger partial charge >= 0.3 is 0 Å². The zero-order valence-corrected chi connectivity index (χ0v) is 12.8. The van der Waals surface area contributed by atoms with Crippen LogP contribution in [-0.4, -0.2) is 21.2 Å². The second-order valence-corrected chi connectivity index (χ2v) is 6.04. The van der Waals surface area contributed by atoms with Gasteiger partial charge in [-0.15, -0.1) is 6.58 Å². The summed E-state index contributed by atoms with van der Waals surface area (Å²) < 4.78 is 0. The lowest BCUT2D eigenvalue weighted by molar-refractivity contribution is 0.122. The van der Waals surface area contributed by atoms with Crippen molar-refractivity contribution < 1.29 is 5.11 Å². The SMILES string of the molecule is C=CCc1cnc(-c2ccc(C3CCC(O)CC3)cc2)nc1. The van der Waals surface area contributed by atoms with Crippen LogP contribution >= 0.6 is 0 Å². The topological polar surface area (TPSA) is 46.0 Å². The largest absolute Gasteiger partial charge is 0.393 e. The van der Waals surface area contributed by atoms with Crippen LogP contribution < -0.4 is 0 Å². The Kier molecular flexibility index (Phi) is 4.64. The summed E-state index contributed by atoms with van der Waals surface area (Å²) in [4.78, 5) is 8.86. The molecular formula is C19H22N2O. The van der Waals surface area contributed by atoms with Crippen molar-refractivity contribution in [3.63, 3.8) is 0 Å². The number of hydrogen-bond acceptors (Lipinski definition) is 3. The van der Waals surface area contributed by atoms with Gasteiger partial charge in [0, 0.05) is 18.0 Å². The molecule has 0 radical (unpaired) electrons. The standard InChI is InChI=1S/C19H22N2O/c1-2-3-14-12-20-19(21-13-14)17-6-4-15(5-7-17)16-8-10-18(22)11-9-16/h2,4-7,12-13,16,18,22H,1,3,8-11H2. The van der Waals surface area contributed by atoms with Crippen molar-refractivity contribution in [2.75, 3.05) is 0 Å². The Balaban J connectivity index is 1.72. The highest BCUT2D eigenvalue weighted by Gasteiger charge is 2.20. The van der Waals surface area contributed by atoms with Gasteiger partial charge in [0.1, 0.15) is 0 Å². The van der Waals surface area contributed by atoms with E-state index in [4.69, 9.17) is 0 Å². The van der Waals surface area contributed by atoms with Crippen LogP contribution in [-0.2, 0) is 6.42 Å². The second-order valence-electron chi connectivity index (χ2n) is 6.04.